The number of nitrogen functional groups attached to an aromatic ring is 2. The third kappa shape index (κ3) is 2.08. The van der Waals surface area contributed by atoms with Gasteiger partial charge in [-0.3, -0.25) is 0 Å². The Labute approximate surface area is 110 Å². The van der Waals surface area contributed by atoms with E-state index in [2.05, 4.69) is 15.0 Å². The van der Waals surface area contributed by atoms with Crippen molar-refractivity contribution in [3.63, 3.8) is 0 Å². The molecule has 0 aliphatic heterocycles. The topological polar surface area (TPSA) is 95.6 Å². The second-order valence-electron chi connectivity index (χ2n) is 4.39. The lowest BCUT2D eigenvalue weighted by atomic mass is 10.3. The normalized spacial score (nSPS) is 11.0. The van der Waals surface area contributed by atoms with Crippen LogP contribution in [0.1, 0.15) is 11.5 Å². The summed E-state index contributed by atoms with van der Waals surface area (Å²) in [5, 5.41) is 0. The molecule has 96 valence electrons. The van der Waals surface area contributed by atoms with Crippen molar-refractivity contribution < 1.29 is 0 Å². The summed E-state index contributed by atoms with van der Waals surface area (Å²) in [6.07, 6.45) is 0.572. The van der Waals surface area contributed by atoms with Crippen LogP contribution in [0.25, 0.3) is 11.0 Å². The molecule has 3 rings (SSSR count). The number of fused-ring (bicyclic) bond motifs is 1. The predicted octanol–water partition coefficient (Wildman–Crippen LogP) is 1.12. The molecule has 0 bridgehead atoms. The number of rotatable bonds is 2. The first-order chi connectivity index (χ1) is 9.13. The highest BCUT2D eigenvalue weighted by atomic mass is 15.1. The Morgan fingerprint density at radius 3 is 2.63 bits per heavy atom. The van der Waals surface area contributed by atoms with Gasteiger partial charge in [-0.1, -0.05) is 12.1 Å². The number of nitrogens with zero attached hydrogens (tertiary/aromatic N) is 4. The van der Waals surface area contributed by atoms with E-state index >= 15 is 0 Å². The molecule has 0 saturated carbocycles. The zero-order valence-corrected chi connectivity index (χ0v) is 10.5. The van der Waals surface area contributed by atoms with Gasteiger partial charge in [0.05, 0.1) is 16.7 Å². The van der Waals surface area contributed by atoms with Gasteiger partial charge in [0.1, 0.15) is 11.6 Å². The molecule has 0 atom stereocenters. The summed E-state index contributed by atoms with van der Waals surface area (Å²) < 4.78 is 2.05. The molecule has 0 spiro atoms. The number of nitrogens with two attached hydrogens (primary N) is 2. The lowest BCUT2D eigenvalue weighted by Gasteiger charge is -2.04. The molecular weight excluding hydrogens is 240 g/mol. The summed E-state index contributed by atoms with van der Waals surface area (Å²) in [7, 11) is 1.98. The van der Waals surface area contributed by atoms with E-state index in [1.807, 2.05) is 35.9 Å². The Balaban J connectivity index is 2.03. The van der Waals surface area contributed by atoms with Crippen LogP contribution in [0.3, 0.4) is 0 Å². The fourth-order valence-corrected chi connectivity index (χ4v) is 2.15. The molecule has 0 fully saturated rings. The van der Waals surface area contributed by atoms with Gasteiger partial charge in [-0.05, 0) is 12.1 Å². The highest BCUT2D eigenvalue weighted by Crippen LogP contribution is 2.17. The van der Waals surface area contributed by atoms with E-state index in [0.717, 1.165) is 22.6 Å². The van der Waals surface area contributed by atoms with Gasteiger partial charge in [0.2, 0.25) is 5.95 Å². The van der Waals surface area contributed by atoms with Gasteiger partial charge in [-0.25, -0.2) is 9.97 Å². The van der Waals surface area contributed by atoms with Crippen molar-refractivity contribution in [3.05, 3.63) is 41.9 Å². The molecule has 19 heavy (non-hydrogen) atoms. The summed E-state index contributed by atoms with van der Waals surface area (Å²) in [6.45, 7) is 0. The lowest BCUT2D eigenvalue weighted by molar-refractivity contribution is 0.831. The fourth-order valence-electron chi connectivity index (χ4n) is 2.15. The van der Waals surface area contributed by atoms with Gasteiger partial charge in [-0.2, -0.15) is 4.98 Å². The Hall–Kier alpha value is -2.63. The summed E-state index contributed by atoms with van der Waals surface area (Å²) in [6, 6.07) is 9.71. The van der Waals surface area contributed by atoms with Crippen LogP contribution >= 0.6 is 0 Å². The van der Waals surface area contributed by atoms with E-state index in [4.69, 9.17) is 11.5 Å². The summed E-state index contributed by atoms with van der Waals surface area (Å²) in [4.78, 5) is 12.6. The molecule has 6 nitrogen and oxygen atoms in total. The zero-order chi connectivity index (χ0) is 13.4. The molecule has 0 unspecified atom stereocenters. The smallest absolute Gasteiger partial charge is 0.222 e. The molecule has 0 radical (unpaired) electrons. The number of benzene rings is 1. The zero-order valence-electron chi connectivity index (χ0n) is 10.5. The van der Waals surface area contributed by atoms with Gasteiger partial charge in [0.25, 0.3) is 0 Å². The van der Waals surface area contributed by atoms with Crippen molar-refractivity contribution in [1.29, 1.82) is 0 Å². The maximum Gasteiger partial charge on any atom is 0.222 e. The Morgan fingerprint density at radius 1 is 1.11 bits per heavy atom. The van der Waals surface area contributed by atoms with Gasteiger partial charge in [0, 0.05) is 19.5 Å². The largest absolute Gasteiger partial charge is 0.384 e. The monoisotopic (exact) mass is 254 g/mol. The molecule has 2 heterocycles. The van der Waals surface area contributed by atoms with Gasteiger partial charge < -0.3 is 16.0 Å². The first kappa shape index (κ1) is 11.5. The number of hydrogen-bond acceptors (Lipinski definition) is 5. The summed E-state index contributed by atoms with van der Waals surface area (Å²) >= 11 is 0. The standard InChI is InChI=1S/C13H14N6/c1-19-10-5-3-2-4-9(10)17-12(19)7-8-6-11(14)18-13(15)16-8/h2-6H,7H2,1H3,(H4,14,15,16,18). The van der Waals surface area contributed by atoms with E-state index in [1.165, 1.54) is 0 Å². The van der Waals surface area contributed by atoms with Crippen LogP contribution in [-0.4, -0.2) is 19.5 Å². The van der Waals surface area contributed by atoms with Crippen molar-refractivity contribution in [3.8, 4) is 0 Å². The van der Waals surface area contributed by atoms with Crippen molar-refractivity contribution in [1.82, 2.24) is 19.5 Å². The number of para-hydroxylation sites is 2. The van der Waals surface area contributed by atoms with Gasteiger partial charge in [-0.15, -0.1) is 0 Å². The minimum atomic E-state index is 0.189. The number of anilines is 2. The minimum Gasteiger partial charge on any atom is -0.384 e. The average Bonchev–Trinajstić information content (AvgIpc) is 2.66. The average molecular weight is 254 g/mol. The van der Waals surface area contributed by atoms with Crippen LogP contribution in [-0.2, 0) is 13.5 Å². The Bertz CT molecular complexity index is 726. The molecule has 0 aliphatic rings. The number of aromatic nitrogens is 4. The number of hydrogen-bond donors (Lipinski definition) is 2. The molecule has 3 aromatic rings. The van der Waals surface area contributed by atoms with Crippen LogP contribution in [0, 0.1) is 0 Å². The molecule has 0 saturated heterocycles. The maximum absolute atomic E-state index is 5.67. The van der Waals surface area contributed by atoms with Crippen LogP contribution in [0.4, 0.5) is 11.8 Å². The maximum atomic E-state index is 5.67. The van der Waals surface area contributed by atoms with E-state index in [1.54, 1.807) is 6.07 Å². The first-order valence-electron chi connectivity index (χ1n) is 5.93. The Kier molecular flexibility index (Phi) is 2.56. The molecular formula is C13H14N6. The third-order valence-corrected chi connectivity index (χ3v) is 3.04. The van der Waals surface area contributed by atoms with Crippen LogP contribution in [0.5, 0.6) is 0 Å². The predicted molar refractivity (Wildman–Crippen MR) is 74.4 cm³/mol. The van der Waals surface area contributed by atoms with E-state index in [-0.39, 0.29) is 5.95 Å². The van der Waals surface area contributed by atoms with Gasteiger partial charge >= 0.3 is 0 Å². The van der Waals surface area contributed by atoms with Crippen molar-refractivity contribution in [2.45, 2.75) is 6.42 Å². The molecule has 0 amide bonds. The van der Waals surface area contributed by atoms with Crippen LogP contribution in [0.2, 0.25) is 0 Å². The van der Waals surface area contributed by atoms with Crippen LogP contribution in [0.15, 0.2) is 30.3 Å². The molecule has 2 aromatic heterocycles. The first-order valence-corrected chi connectivity index (χ1v) is 5.93. The quantitative estimate of drug-likeness (QED) is 0.714. The molecule has 6 heteroatoms. The lowest BCUT2D eigenvalue weighted by Crippen LogP contribution is -2.05. The van der Waals surface area contributed by atoms with Crippen molar-refractivity contribution in [2.75, 3.05) is 11.5 Å². The fraction of sp³-hybridized carbons (Fsp3) is 0.154. The molecule has 4 N–H and O–H groups in total. The van der Waals surface area contributed by atoms with E-state index in [9.17, 15) is 0 Å². The van der Waals surface area contributed by atoms with Crippen molar-refractivity contribution >= 4 is 22.8 Å². The molecule has 0 aliphatic carbocycles. The minimum absolute atomic E-state index is 0.189. The highest BCUT2D eigenvalue weighted by Gasteiger charge is 2.09. The van der Waals surface area contributed by atoms with Gasteiger partial charge in [0.15, 0.2) is 0 Å². The third-order valence-electron chi connectivity index (χ3n) is 3.04. The molecule has 1 aromatic carbocycles. The SMILES string of the molecule is Cn1c(Cc2cc(N)nc(N)n2)nc2ccccc21. The summed E-state index contributed by atoms with van der Waals surface area (Å²) in [5.41, 5.74) is 14.1. The Morgan fingerprint density at radius 2 is 1.89 bits per heavy atom. The van der Waals surface area contributed by atoms with Crippen molar-refractivity contribution in [2.24, 2.45) is 7.05 Å². The number of imidazole rings is 1. The van der Waals surface area contributed by atoms with E-state index in [0.29, 0.717) is 12.2 Å². The van der Waals surface area contributed by atoms with E-state index < -0.39 is 0 Å². The number of aryl methyl sites for hydroxylation is 1. The second-order valence-corrected chi connectivity index (χ2v) is 4.39. The van der Waals surface area contributed by atoms with Crippen LogP contribution < -0.4 is 11.5 Å². The summed E-state index contributed by atoms with van der Waals surface area (Å²) in [5.74, 6) is 1.48. The second kappa shape index (κ2) is 4.24. The highest BCUT2D eigenvalue weighted by molar-refractivity contribution is 5.75.